The van der Waals surface area contributed by atoms with Gasteiger partial charge in [-0.05, 0) is 90.5 Å². The van der Waals surface area contributed by atoms with Crippen LogP contribution in [0.3, 0.4) is 0 Å². The van der Waals surface area contributed by atoms with Crippen LogP contribution in [0.25, 0.3) is 76.5 Å². The van der Waals surface area contributed by atoms with E-state index in [1.165, 1.54) is 37.9 Å². The van der Waals surface area contributed by atoms with Crippen molar-refractivity contribution in [1.29, 1.82) is 0 Å². The summed E-state index contributed by atoms with van der Waals surface area (Å²) in [7, 11) is 0. The fourth-order valence-electron chi connectivity index (χ4n) is 8.11. The van der Waals surface area contributed by atoms with Crippen LogP contribution in [-0.4, -0.2) is 11.7 Å². The summed E-state index contributed by atoms with van der Waals surface area (Å²) in [6.07, 6.45) is -0.326. The minimum absolute atomic E-state index is 0.326. The van der Waals surface area contributed by atoms with Crippen LogP contribution in [-0.2, 0) is 0 Å². The molecule has 4 nitrogen and oxygen atoms in total. The molecule has 0 radical (unpaired) electrons. The molecule has 9 aromatic carbocycles. The summed E-state index contributed by atoms with van der Waals surface area (Å²) < 4.78 is 6.58. The minimum Gasteiger partial charge on any atom is -0.456 e. The first-order chi connectivity index (χ1) is 27.2. The predicted molar refractivity (Wildman–Crippen MR) is 229 cm³/mol. The van der Waals surface area contributed by atoms with Crippen LogP contribution in [0.1, 0.15) is 22.9 Å². The van der Waals surface area contributed by atoms with Gasteiger partial charge in [-0.2, -0.15) is 0 Å². The summed E-state index contributed by atoms with van der Waals surface area (Å²) in [5.41, 5.74) is 9.17. The molecule has 4 heteroatoms. The van der Waals surface area contributed by atoms with Crippen LogP contribution in [0.15, 0.2) is 202 Å². The molecule has 10 aromatic rings. The standard InChI is InChI=1S/C51H33N3O/c1-2-12-35(13-3-1)49-52-50(36-22-18-33(19-23-36)38-24-20-32-10-4-5-14-37(32)28-38)54-51(53-49)41-30-45(48-44-16-8-9-17-46(44)55-47(48)31-41)40-26-27-43-39(29-40)25-21-34-11-6-7-15-42(34)43/h1-31,49H,(H,52,53,54). The average molecular weight is 704 g/mol. The first-order valence-corrected chi connectivity index (χ1v) is 18.7. The molecular formula is C51H33N3O. The molecule has 2 heterocycles. The summed E-state index contributed by atoms with van der Waals surface area (Å²) in [6, 6.07) is 66.5. The van der Waals surface area contributed by atoms with Gasteiger partial charge in [0, 0.05) is 21.9 Å². The SMILES string of the molecule is c1ccc(C2N=C(c3ccc(-c4ccc5ccccc5c4)cc3)N=C(c3cc(-c4ccc5c(ccc6ccccc65)c4)c4c(c3)oc3ccccc34)N2)cc1. The van der Waals surface area contributed by atoms with E-state index >= 15 is 0 Å². The Labute approximate surface area is 317 Å². The van der Waals surface area contributed by atoms with Gasteiger partial charge in [0.25, 0.3) is 0 Å². The van der Waals surface area contributed by atoms with Crippen molar-refractivity contribution in [2.24, 2.45) is 9.98 Å². The van der Waals surface area contributed by atoms with Crippen molar-refractivity contribution in [3.63, 3.8) is 0 Å². The molecule has 1 aliphatic rings. The Balaban J connectivity index is 1.05. The lowest BCUT2D eigenvalue weighted by atomic mass is 9.93. The number of amidine groups is 2. The second-order valence-electron chi connectivity index (χ2n) is 14.2. The smallest absolute Gasteiger partial charge is 0.159 e. The van der Waals surface area contributed by atoms with Crippen LogP contribution in [0, 0.1) is 0 Å². The van der Waals surface area contributed by atoms with Gasteiger partial charge in [-0.25, -0.2) is 9.98 Å². The van der Waals surface area contributed by atoms with Gasteiger partial charge in [-0.3, -0.25) is 0 Å². The summed E-state index contributed by atoms with van der Waals surface area (Å²) >= 11 is 0. The van der Waals surface area contributed by atoms with Crippen molar-refractivity contribution < 1.29 is 4.42 Å². The molecule has 1 aromatic heterocycles. The topological polar surface area (TPSA) is 49.9 Å². The van der Waals surface area contributed by atoms with E-state index in [1.54, 1.807) is 0 Å². The zero-order chi connectivity index (χ0) is 36.3. The van der Waals surface area contributed by atoms with Gasteiger partial charge < -0.3 is 9.73 Å². The van der Waals surface area contributed by atoms with Crippen molar-refractivity contribution in [3.05, 3.63) is 205 Å². The molecule has 55 heavy (non-hydrogen) atoms. The molecule has 0 saturated carbocycles. The van der Waals surface area contributed by atoms with Gasteiger partial charge in [0.2, 0.25) is 0 Å². The number of rotatable bonds is 5. The second-order valence-corrected chi connectivity index (χ2v) is 14.2. The van der Waals surface area contributed by atoms with E-state index in [0.717, 1.165) is 61.2 Å². The molecule has 1 atom stereocenters. The molecule has 1 unspecified atom stereocenters. The molecule has 0 fully saturated rings. The lowest BCUT2D eigenvalue weighted by Gasteiger charge is -2.24. The third-order valence-electron chi connectivity index (χ3n) is 10.9. The highest BCUT2D eigenvalue weighted by Gasteiger charge is 2.24. The fourth-order valence-corrected chi connectivity index (χ4v) is 8.11. The lowest BCUT2D eigenvalue weighted by Crippen LogP contribution is -2.33. The molecule has 11 rings (SSSR count). The lowest BCUT2D eigenvalue weighted by molar-refractivity contribution is 0.666. The highest BCUT2D eigenvalue weighted by molar-refractivity contribution is 6.19. The maximum atomic E-state index is 6.58. The van der Waals surface area contributed by atoms with Gasteiger partial charge in [0.05, 0.1) is 0 Å². The van der Waals surface area contributed by atoms with Gasteiger partial charge in [-0.15, -0.1) is 0 Å². The second kappa shape index (κ2) is 12.7. The first kappa shape index (κ1) is 31.2. The molecular weight excluding hydrogens is 671 g/mol. The molecule has 258 valence electrons. The minimum atomic E-state index is -0.326. The van der Waals surface area contributed by atoms with Crippen LogP contribution >= 0.6 is 0 Å². The Morgan fingerprint density at radius 3 is 1.93 bits per heavy atom. The Bertz CT molecular complexity index is 3170. The Kier molecular flexibility index (Phi) is 7.20. The highest BCUT2D eigenvalue weighted by Crippen LogP contribution is 2.40. The summed E-state index contributed by atoms with van der Waals surface area (Å²) in [6.45, 7) is 0. The van der Waals surface area contributed by atoms with E-state index in [1.807, 2.05) is 18.2 Å². The third kappa shape index (κ3) is 5.46. The van der Waals surface area contributed by atoms with Gasteiger partial charge >= 0.3 is 0 Å². The number of para-hydroxylation sites is 1. The number of hydrogen-bond donors (Lipinski definition) is 1. The van der Waals surface area contributed by atoms with E-state index < -0.39 is 0 Å². The van der Waals surface area contributed by atoms with Gasteiger partial charge in [0.1, 0.15) is 23.2 Å². The quantitative estimate of drug-likeness (QED) is 0.181. The zero-order valence-electron chi connectivity index (χ0n) is 29.8. The predicted octanol–water partition coefficient (Wildman–Crippen LogP) is 12.9. The zero-order valence-corrected chi connectivity index (χ0v) is 29.8. The van der Waals surface area contributed by atoms with E-state index in [9.17, 15) is 0 Å². The maximum absolute atomic E-state index is 6.58. The third-order valence-corrected chi connectivity index (χ3v) is 10.9. The van der Waals surface area contributed by atoms with Crippen molar-refractivity contribution >= 4 is 65.9 Å². The van der Waals surface area contributed by atoms with Crippen molar-refractivity contribution in [2.75, 3.05) is 0 Å². The number of fused-ring (bicyclic) bond motifs is 7. The van der Waals surface area contributed by atoms with Crippen LogP contribution in [0.5, 0.6) is 0 Å². The van der Waals surface area contributed by atoms with Crippen LogP contribution < -0.4 is 5.32 Å². The Hall–Kier alpha value is -7.30. The fraction of sp³-hybridized carbons (Fsp3) is 0.0196. The van der Waals surface area contributed by atoms with Gasteiger partial charge in [-0.1, -0.05) is 158 Å². The number of nitrogens with one attached hydrogen (secondary N) is 1. The number of aliphatic imine (C=N–C) groups is 2. The summed E-state index contributed by atoms with van der Waals surface area (Å²) in [5, 5.41) is 13.3. The van der Waals surface area contributed by atoms with E-state index in [4.69, 9.17) is 14.4 Å². The molecule has 1 N–H and O–H groups in total. The average Bonchev–Trinajstić information content (AvgIpc) is 3.64. The Morgan fingerprint density at radius 2 is 1.05 bits per heavy atom. The number of hydrogen-bond acceptors (Lipinski definition) is 4. The normalized spacial score (nSPS) is 14.4. The maximum Gasteiger partial charge on any atom is 0.159 e. The monoisotopic (exact) mass is 703 g/mol. The first-order valence-electron chi connectivity index (χ1n) is 18.7. The largest absolute Gasteiger partial charge is 0.456 e. The number of benzene rings is 9. The molecule has 0 amide bonds. The number of furan rings is 1. The van der Waals surface area contributed by atoms with Crippen molar-refractivity contribution in [3.8, 4) is 22.3 Å². The van der Waals surface area contributed by atoms with Crippen LogP contribution in [0.2, 0.25) is 0 Å². The molecule has 1 aliphatic heterocycles. The molecule has 0 aliphatic carbocycles. The summed E-state index contributed by atoms with van der Waals surface area (Å²) in [5.74, 6) is 1.42. The van der Waals surface area contributed by atoms with Gasteiger partial charge in [0.15, 0.2) is 5.84 Å². The van der Waals surface area contributed by atoms with Crippen molar-refractivity contribution in [2.45, 2.75) is 6.17 Å². The Morgan fingerprint density at radius 1 is 0.418 bits per heavy atom. The molecule has 0 saturated heterocycles. The van der Waals surface area contributed by atoms with E-state index in [0.29, 0.717) is 5.84 Å². The molecule has 0 bridgehead atoms. The molecule has 0 spiro atoms. The highest BCUT2D eigenvalue weighted by atomic mass is 16.3. The summed E-state index contributed by atoms with van der Waals surface area (Å²) in [4.78, 5) is 10.4. The van der Waals surface area contributed by atoms with E-state index in [2.05, 4.69) is 175 Å². The van der Waals surface area contributed by atoms with Crippen LogP contribution in [0.4, 0.5) is 0 Å². The van der Waals surface area contributed by atoms with Crippen molar-refractivity contribution in [1.82, 2.24) is 5.32 Å². The van der Waals surface area contributed by atoms with E-state index in [-0.39, 0.29) is 6.17 Å². The number of nitrogens with zero attached hydrogens (tertiary/aromatic N) is 2.